The second-order valence-electron chi connectivity index (χ2n) is 19.8. The predicted octanol–water partition coefficient (Wildman–Crippen LogP) is 10.4. The van der Waals surface area contributed by atoms with Crippen LogP contribution in [-0.4, -0.2) is 72.3 Å². The average molecular weight is 1060 g/mol. The Morgan fingerprint density at radius 2 is 1.21 bits per heavy atom. The highest BCUT2D eigenvalue weighted by Crippen LogP contribution is 2.41. The molecular weight excluding hydrogens is 1010 g/mol. The Bertz CT molecular complexity index is 4100. The minimum atomic E-state index is -0.636. The Morgan fingerprint density at radius 1 is 0.684 bits per heavy atom. The van der Waals surface area contributed by atoms with Crippen LogP contribution in [0.15, 0.2) is 95.0 Å². The Hall–Kier alpha value is -8.03. The van der Waals surface area contributed by atoms with Crippen molar-refractivity contribution in [2.75, 3.05) is 25.2 Å². The van der Waals surface area contributed by atoms with Crippen molar-refractivity contribution in [3.8, 4) is 34.0 Å². The molecule has 21 heteroatoms. The first-order chi connectivity index (χ1) is 36.8. The Labute approximate surface area is 443 Å². The van der Waals surface area contributed by atoms with Gasteiger partial charge in [-0.05, 0) is 125 Å². The van der Waals surface area contributed by atoms with Crippen LogP contribution >= 0.6 is 23.2 Å². The van der Waals surface area contributed by atoms with E-state index >= 15 is 4.39 Å². The van der Waals surface area contributed by atoms with Crippen LogP contribution in [0.5, 0.6) is 11.5 Å². The quantitative estimate of drug-likeness (QED) is 0.116. The Morgan fingerprint density at radius 3 is 1.74 bits per heavy atom. The molecule has 2 aliphatic carbocycles. The summed E-state index contributed by atoms with van der Waals surface area (Å²) in [6.45, 7) is 5.95. The number of halogens is 3. The van der Waals surface area contributed by atoms with Crippen LogP contribution in [0, 0.1) is 18.7 Å². The second-order valence-corrected chi connectivity index (χ2v) is 20.6. The molecule has 0 bridgehead atoms. The second kappa shape index (κ2) is 19.3. The van der Waals surface area contributed by atoms with Gasteiger partial charge >= 0.3 is 0 Å². The smallest absolute Gasteiger partial charge is 0.261 e. The monoisotopic (exact) mass is 1060 g/mol. The minimum absolute atomic E-state index is 0.0458. The van der Waals surface area contributed by atoms with Gasteiger partial charge in [-0.2, -0.15) is 10.2 Å². The first kappa shape index (κ1) is 48.9. The van der Waals surface area contributed by atoms with Gasteiger partial charge in [0.25, 0.3) is 11.1 Å². The topological polar surface area (TPSA) is 227 Å². The molecule has 4 atom stereocenters. The van der Waals surface area contributed by atoms with Crippen LogP contribution in [0.4, 0.5) is 16.0 Å². The number of aromatic nitrogens is 12. The van der Waals surface area contributed by atoms with Crippen molar-refractivity contribution in [3.63, 3.8) is 0 Å². The fraction of sp³-hybridized carbons (Fsp3) is 0.309. The van der Waals surface area contributed by atoms with E-state index in [1.165, 1.54) is 18.7 Å². The zero-order valence-corrected chi connectivity index (χ0v) is 43.4. The summed E-state index contributed by atoms with van der Waals surface area (Å²) < 4.78 is 35.1. The number of para-hydroxylation sites is 2. The number of benzene rings is 4. The van der Waals surface area contributed by atoms with Gasteiger partial charge in [0.2, 0.25) is 0 Å². The number of rotatable bonds is 12. The largest absolute Gasteiger partial charge is 0.496 e. The fourth-order valence-corrected chi connectivity index (χ4v) is 11.9. The van der Waals surface area contributed by atoms with E-state index in [2.05, 4.69) is 19.9 Å². The van der Waals surface area contributed by atoms with Crippen molar-refractivity contribution >= 4 is 78.7 Å². The van der Waals surface area contributed by atoms with Gasteiger partial charge in [0.1, 0.15) is 65.2 Å². The number of aryl methyl sites for hydroxylation is 1. The molecule has 4 unspecified atom stereocenters. The molecule has 0 radical (unpaired) electrons. The highest BCUT2D eigenvalue weighted by Gasteiger charge is 2.34. The van der Waals surface area contributed by atoms with Gasteiger partial charge in [-0.3, -0.25) is 18.7 Å². The van der Waals surface area contributed by atoms with Gasteiger partial charge in [0.15, 0.2) is 22.9 Å². The number of nitrogen functional groups attached to an aromatic ring is 2. The molecule has 0 saturated heterocycles. The van der Waals surface area contributed by atoms with Crippen molar-refractivity contribution in [3.05, 3.63) is 139 Å². The van der Waals surface area contributed by atoms with Crippen molar-refractivity contribution in [2.45, 2.75) is 89.9 Å². The first-order valence-corrected chi connectivity index (χ1v) is 26.0. The maximum Gasteiger partial charge on any atom is 0.261 e. The van der Waals surface area contributed by atoms with Gasteiger partial charge < -0.3 is 20.9 Å². The van der Waals surface area contributed by atoms with Crippen molar-refractivity contribution < 1.29 is 13.9 Å². The number of hydrogen-bond acceptors (Lipinski definition) is 14. The molecule has 6 heterocycles. The zero-order chi connectivity index (χ0) is 52.7. The molecule has 6 aromatic heterocycles. The van der Waals surface area contributed by atoms with E-state index in [4.69, 9.17) is 64.3 Å². The molecule has 386 valence electrons. The Balaban J connectivity index is 0.835. The van der Waals surface area contributed by atoms with E-state index < -0.39 is 17.9 Å². The summed E-state index contributed by atoms with van der Waals surface area (Å²) in [5.41, 5.74) is 17.3. The third-order valence-corrected chi connectivity index (χ3v) is 15.9. The van der Waals surface area contributed by atoms with Crippen LogP contribution in [-0.2, 0) is 0 Å². The number of methoxy groups -OCH3 is 1. The number of nitrogens with two attached hydrogens (primary N) is 2. The van der Waals surface area contributed by atoms with E-state index in [1.807, 2.05) is 39.0 Å². The van der Waals surface area contributed by atoms with Crippen LogP contribution < -0.4 is 32.1 Å². The van der Waals surface area contributed by atoms with Crippen molar-refractivity contribution in [1.29, 1.82) is 0 Å². The molecule has 0 spiro atoms. The van der Waals surface area contributed by atoms with E-state index in [0.717, 1.165) is 42.6 Å². The molecule has 10 aromatic rings. The Kier molecular flexibility index (Phi) is 12.4. The number of hydrogen-bond donors (Lipinski definition) is 2. The van der Waals surface area contributed by atoms with E-state index in [9.17, 15) is 9.59 Å². The van der Waals surface area contributed by atoms with Gasteiger partial charge in [0, 0.05) is 23.2 Å². The van der Waals surface area contributed by atoms with E-state index in [0.29, 0.717) is 102 Å². The first-order valence-electron chi connectivity index (χ1n) is 25.3. The lowest BCUT2D eigenvalue weighted by atomic mass is 10.1. The molecule has 4 aromatic carbocycles. The van der Waals surface area contributed by atoms with Gasteiger partial charge in [-0.1, -0.05) is 48.2 Å². The molecule has 76 heavy (non-hydrogen) atoms. The molecule has 2 saturated carbocycles. The van der Waals surface area contributed by atoms with Gasteiger partial charge in [0.05, 0.1) is 56.3 Å². The third-order valence-electron chi connectivity index (χ3n) is 15.3. The molecule has 2 aliphatic rings. The lowest BCUT2D eigenvalue weighted by Crippen LogP contribution is -2.31. The maximum absolute atomic E-state index is 16.4. The van der Waals surface area contributed by atoms with Gasteiger partial charge in [-0.15, -0.1) is 0 Å². The minimum Gasteiger partial charge on any atom is -0.496 e. The molecule has 18 nitrogen and oxygen atoms in total. The lowest BCUT2D eigenvalue weighted by molar-refractivity contribution is 0.238. The zero-order valence-electron chi connectivity index (χ0n) is 41.9. The summed E-state index contributed by atoms with van der Waals surface area (Å²) in [5.74, 6) is 1.46. The molecule has 2 fully saturated rings. The molecular formula is C55H51Cl2FN14O4. The molecule has 0 amide bonds. The molecule has 12 rings (SSSR count). The van der Waals surface area contributed by atoms with E-state index in [1.54, 1.807) is 74.1 Å². The summed E-state index contributed by atoms with van der Waals surface area (Å²) in [6, 6.07) is 19.2. The summed E-state index contributed by atoms with van der Waals surface area (Å²) in [6.07, 6.45) is 8.29. The number of nitrogens with zero attached hydrogens (tertiary/aromatic N) is 12. The lowest BCUT2D eigenvalue weighted by Gasteiger charge is -2.24. The number of ether oxygens (including phenoxy) is 2. The summed E-state index contributed by atoms with van der Waals surface area (Å²) in [4.78, 5) is 56.9. The van der Waals surface area contributed by atoms with Crippen molar-refractivity contribution in [1.82, 2.24) is 58.6 Å². The summed E-state index contributed by atoms with van der Waals surface area (Å²) >= 11 is 13.4. The standard InChI is InChI=1S/C55H51Cl2FN14O4/c1-27-21-31(16-19-40(27)75-4)44-42-48(59)61-25-63-52(42)72(67-44)29(3)51-66-47-36(12-8-14-38(47)57)55(74)70(51)34-18-15-30(22-34)24-76-41-20-17-32(23-39(41)58)45-43-49(60)62-26-64-53(43)71(68-45)28(2)50-65-46-35(11-7-13-37(46)56)54(73)69(50)33-9-5-6-10-33/h7-8,11-14,16-17,19-21,23,25-26,28-30,33-34H,5-6,9-10,15,18,22,24H2,1-4H3,(H2,59,61,63)(H2,60,62,64). The van der Waals surface area contributed by atoms with Crippen LogP contribution in [0.2, 0.25) is 10.0 Å². The highest BCUT2D eigenvalue weighted by molar-refractivity contribution is 6.35. The highest BCUT2D eigenvalue weighted by atomic mass is 35.5. The third kappa shape index (κ3) is 8.14. The SMILES string of the molecule is COc1ccc(-c2nn(C(C)c3nc4c(Cl)cccc4c(=O)n3C3CCC(COc4ccc(-c5nn(C(C)c6nc7c(Cl)cccc7c(=O)n6C6CCCC6)c6ncnc(N)c56)cc4F)C3)c3ncnc(N)c23)cc1C. The molecule has 0 aliphatic heterocycles. The fourth-order valence-electron chi connectivity index (χ4n) is 11.5. The summed E-state index contributed by atoms with van der Waals surface area (Å²) in [7, 11) is 1.62. The summed E-state index contributed by atoms with van der Waals surface area (Å²) in [5, 5.41) is 12.6. The normalized spacial score (nSPS) is 16.9. The van der Waals surface area contributed by atoms with Crippen LogP contribution in [0.25, 0.3) is 66.4 Å². The number of fused-ring (bicyclic) bond motifs is 4. The molecule has 4 N–H and O–H groups in total. The number of anilines is 2. The van der Waals surface area contributed by atoms with Gasteiger partial charge in [-0.25, -0.2) is 43.7 Å². The van der Waals surface area contributed by atoms with Crippen molar-refractivity contribution in [2.24, 2.45) is 5.92 Å². The maximum atomic E-state index is 16.4. The van der Waals surface area contributed by atoms with Crippen LogP contribution in [0.3, 0.4) is 0 Å². The average Bonchev–Trinajstić information content (AvgIpc) is 4.28. The predicted molar refractivity (Wildman–Crippen MR) is 291 cm³/mol. The van der Waals surface area contributed by atoms with Crippen LogP contribution in [0.1, 0.15) is 100 Å². The van der Waals surface area contributed by atoms with E-state index in [-0.39, 0.29) is 53.1 Å².